The van der Waals surface area contributed by atoms with Gasteiger partial charge in [0.05, 0.1) is 24.6 Å². The first-order valence-corrected chi connectivity index (χ1v) is 10.6. The monoisotopic (exact) mass is 426 g/mol. The lowest BCUT2D eigenvalue weighted by atomic mass is 10.1. The largest absolute Gasteiger partial charge is 0.361 e. The van der Waals surface area contributed by atoms with Gasteiger partial charge >= 0.3 is 0 Å². The van der Waals surface area contributed by atoms with E-state index >= 15 is 0 Å². The number of fused-ring (bicyclic) bond motifs is 1. The number of nitriles is 1. The van der Waals surface area contributed by atoms with Crippen LogP contribution >= 0.6 is 0 Å². The number of nitrogens with zero attached hydrogens (tertiary/aromatic N) is 5. The van der Waals surface area contributed by atoms with E-state index in [0.29, 0.717) is 48.9 Å². The summed E-state index contributed by atoms with van der Waals surface area (Å²) in [5.41, 5.74) is 3.38. The number of carbonyl (C=O) groups is 1. The summed E-state index contributed by atoms with van der Waals surface area (Å²) in [5, 5.41) is 14.2. The average molecular weight is 426 g/mol. The van der Waals surface area contributed by atoms with Crippen molar-refractivity contribution in [3.8, 4) is 6.07 Å². The average Bonchev–Trinajstić information content (AvgIpc) is 3.46. The predicted molar refractivity (Wildman–Crippen MR) is 118 cm³/mol. The van der Waals surface area contributed by atoms with Crippen LogP contribution in [0.1, 0.15) is 33.2 Å². The minimum atomic E-state index is -0.00489. The molecule has 8 heteroatoms. The number of carbonyl (C=O) groups excluding carboxylic acids is 1. The standard InChI is InChI=1S/C24H22N6O2/c25-14-17-5-7-18(8-6-17)24(31)30-11-9-29(10-12-30)16-22-27-23(32-28-22)13-19-15-26-21-4-2-1-3-20(19)21/h1-8,15,26H,9-13,16H2. The number of hydrogen-bond donors (Lipinski definition) is 1. The van der Waals surface area contributed by atoms with E-state index in [-0.39, 0.29) is 5.91 Å². The third kappa shape index (κ3) is 4.11. The maximum absolute atomic E-state index is 12.7. The summed E-state index contributed by atoms with van der Waals surface area (Å²) in [7, 11) is 0. The molecule has 0 atom stereocenters. The van der Waals surface area contributed by atoms with Gasteiger partial charge in [-0.2, -0.15) is 10.2 Å². The molecule has 32 heavy (non-hydrogen) atoms. The molecule has 1 fully saturated rings. The SMILES string of the molecule is N#Cc1ccc(C(=O)N2CCN(Cc3noc(Cc4c[nH]c5ccccc45)n3)CC2)cc1. The molecule has 0 spiro atoms. The Morgan fingerprint density at radius 1 is 1.09 bits per heavy atom. The fourth-order valence-electron chi connectivity index (χ4n) is 4.05. The quantitative estimate of drug-likeness (QED) is 0.526. The molecule has 3 heterocycles. The second-order valence-electron chi connectivity index (χ2n) is 7.90. The topological polar surface area (TPSA) is 102 Å². The Bertz CT molecular complexity index is 1280. The van der Waals surface area contributed by atoms with Gasteiger partial charge in [-0.1, -0.05) is 23.4 Å². The van der Waals surface area contributed by atoms with Crippen LogP contribution in [-0.4, -0.2) is 57.0 Å². The van der Waals surface area contributed by atoms with Gasteiger partial charge in [0.2, 0.25) is 5.89 Å². The second-order valence-corrected chi connectivity index (χ2v) is 7.90. The molecule has 2 aromatic carbocycles. The molecule has 4 aromatic rings. The van der Waals surface area contributed by atoms with E-state index < -0.39 is 0 Å². The first-order valence-electron chi connectivity index (χ1n) is 10.6. The van der Waals surface area contributed by atoms with Crippen LogP contribution in [0.5, 0.6) is 0 Å². The molecule has 0 saturated carbocycles. The highest BCUT2D eigenvalue weighted by atomic mass is 16.5. The third-order valence-corrected chi connectivity index (χ3v) is 5.81. The van der Waals surface area contributed by atoms with E-state index in [1.54, 1.807) is 24.3 Å². The highest BCUT2D eigenvalue weighted by Crippen LogP contribution is 2.20. The van der Waals surface area contributed by atoms with E-state index in [2.05, 4.69) is 32.2 Å². The summed E-state index contributed by atoms with van der Waals surface area (Å²) < 4.78 is 5.48. The smallest absolute Gasteiger partial charge is 0.253 e. The molecule has 1 N–H and O–H groups in total. The molecule has 0 bridgehead atoms. The maximum Gasteiger partial charge on any atom is 0.253 e. The van der Waals surface area contributed by atoms with Crippen LogP contribution in [0.25, 0.3) is 10.9 Å². The molecule has 1 aliphatic rings. The normalized spacial score (nSPS) is 14.5. The molecule has 5 rings (SSSR count). The Morgan fingerprint density at radius 3 is 2.66 bits per heavy atom. The summed E-state index contributed by atoms with van der Waals surface area (Å²) in [6.07, 6.45) is 2.57. The third-order valence-electron chi connectivity index (χ3n) is 5.81. The van der Waals surface area contributed by atoms with Gasteiger partial charge in [0.15, 0.2) is 5.82 Å². The molecule has 0 aliphatic carbocycles. The van der Waals surface area contributed by atoms with Crippen LogP contribution < -0.4 is 0 Å². The van der Waals surface area contributed by atoms with Gasteiger partial charge in [-0.25, -0.2) is 0 Å². The first kappa shape index (κ1) is 20.0. The van der Waals surface area contributed by atoms with Gasteiger partial charge in [-0.05, 0) is 35.9 Å². The van der Waals surface area contributed by atoms with E-state index in [1.807, 2.05) is 29.3 Å². The maximum atomic E-state index is 12.7. The van der Waals surface area contributed by atoms with Crippen molar-refractivity contribution in [1.82, 2.24) is 24.9 Å². The van der Waals surface area contributed by atoms with Crippen molar-refractivity contribution < 1.29 is 9.32 Å². The minimum Gasteiger partial charge on any atom is -0.361 e. The molecule has 2 aromatic heterocycles. The van der Waals surface area contributed by atoms with Crippen molar-refractivity contribution in [1.29, 1.82) is 5.26 Å². The van der Waals surface area contributed by atoms with Crippen molar-refractivity contribution in [2.75, 3.05) is 26.2 Å². The number of piperazine rings is 1. The number of H-pyrrole nitrogens is 1. The van der Waals surface area contributed by atoms with Crippen molar-refractivity contribution in [2.45, 2.75) is 13.0 Å². The highest BCUT2D eigenvalue weighted by molar-refractivity contribution is 5.94. The highest BCUT2D eigenvalue weighted by Gasteiger charge is 2.23. The van der Waals surface area contributed by atoms with Crippen molar-refractivity contribution in [3.63, 3.8) is 0 Å². The van der Waals surface area contributed by atoms with Gasteiger partial charge in [0.1, 0.15) is 0 Å². The fraction of sp³-hybridized carbons (Fsp3) is 0.250. The van der Waals surface area contributed by atoms with Crippen molar-refractivity contribution in [2.24, 2.45) is 0 Å². The predicted octanol–water partition coefficient (Wildman–Crippen LogP) is 2.97. The van der Waals surface area contributed by atoms with Crippen LogP contribution in [0, 0.1) is 11.3 Å². The van der Waals surface area contributed by atoms with Gasteiger partial charge < -0.3 is 14.4 Å². The molecular weight excluding hydrogens is 404 g/mol. The van der Waals surface area contributed by atoms with E-state index in [4.69, 9.17) is 9.78 Å². The number of aromatic nitrogens is 3. The number of benzene rings is 2. The van der Waals surface area contributed by atoms with E-state index in [1.165, 1.54) is 0 Å². The van der Waals surface area contributed by atoms with Crippen molar-refractivity contribution in [3.05, 3.63) is 83.1 Å². The lowest BCUT2D eigenvalue weighted by Crippen LogP contribution is -2.48. The van der Waals surface area contributed by atoms with Gasteiger partial charge in [0, 0.05) is 48.8 Å². The lowest BCUT2D eigenvalue weighted by Gasteiger charge is -2.34. The van der Waals surface area contributed by atoms with Crippen LogP contribution in [0.15, 0.2) is 59.3 Å². The van der Waals surface area contributed by atoms with Gasteiger partial charge in [-0.3, -0.25) is 9.69 Å². The molecule has 0 radical (unpaired) electrons. The molecule has 0 unspecified atom stereocenters. The Labute approximate surface area is 185 Å². The zero-order valence-electron chi connectivity index (χ0n) is 17.5. The van der Waals surface area contributed by atoms with Crippen LogP contribution in [-0.2, 0) is 13.0 Å². The zero-order valence-corrected chi connectivity index (χ0v) is 17.5. The Hall–Kier alpha value is -3.96. The number of para-hydroxylation sites is 1. The number of rotatable bonds is 5. The van der Waals surface area contributed by atoms with Crippen molar-refractivity contribution >= 4 is 16.8 Å². The van der Waals surface area contributed by atoms with Crippen LogP contribution in [0.4, 0.5) is 0 Å². The number of nitrogens with one attached hydrogen (secondary N) is 1. The molecular formula is C24H22N6O2. The summed E-state index contributed by atoms with van der Waals surface area (Å²) in [6.45, 7) is 3.36. The van der Waals surface area contributed by atoms with Crippen LogP contribution in [0.3, 0.4) is 0 Å². The number of hydrogen-bond acceptors (Lipinski definition) is 6. The van der Waals surface area contributed by atoms with Crippen LogP contribution in [0.2, 0.25) is 0 Å². The number of aromatic amines is 1. The molecule has 1 saturated heterocycles. The summed E-state index contributed by atoms with van der Waals surface area (Å²) >= 11 is 0. The van der Waals surface area contributed by atoms with Gasteiger partial charge in [0.25, 0.3) is 5.91 Å². The van der Waals surface area contributed by atoms with E-state index in [9.17, 15) is 4.79 Å². The minimum absolute atomic E-state index is 0.00489. The second kappa shape index (κ2) is 8.65. The molecule has 8 nitrogen and oxygen atoms in total. The first-order chi connectivity index (χ1) is 15.7. The zero-order chi connectivity index (χ0) is 21.9. The summed E-state index contributed by atoms with van der Waals surface area (Å²) in [6, 6.07) is 17.0. The Balaban J connectivity index is 1.16. The Morgan fingerprint density at radius 2 is 1.88 bits per heavy atom. The fourth-order valence-corrected chi connectivity index (χ4v) is 4.05. The number of amides is 1. The molecule has 1 amide bonds. The summed E-state index contributed by atoms with van der Waals surface area (Å²) in [5.74, 6) is 1.25. The van der Waals surface area contributed by atoms with E-state index in [0.717, 1.165) is 29.6 Å². The lowest BCUT2D eigenvalue weighted by molar-refractivity contribution is 0.0624. The molecule has 1 aliphatic heterocycles. The van der Waals surface area contributed by atoms with Gasteiger partial charge in [-0.15, -0.1) is 0 Å². The summed E-state index contributed by atoms with van der Waals surface area (Å²) in [4.78, 5) is 24.6. The Kier molecular flexibility index (Phi) is 5.40. The molecule has 160 valence electrons.